The Hall–Kier alpha value is -2.23. The summed E-state index contributed by atoms with van der Waals surface area (Å²) >= 11 is 0. The van der Waals surface area contributed by atoms with E-state index in [0.29, 0.717) is 12.3 Å². The number of carbonyl (C=O) groups is 1. The second kappa shape index (κ2) is 5.40. The molecule has 4 heteroatoms. The van der Waals surface area contributed by atoms with Crippen molar-refractivity contribution in [3.05, 3.63) is 54.0 Å². The average molecular weight is 244 g/mol. The standard InChI is InChI=1S/C14H16N2O2/c1-16(2)12-7-5-11(6-8-12)10-15-14(17)13-4-3-9-18-13/h3-9H,10H2,1-2H3,(H,15,17). The van der Waals surface area contributed by atoms with Crippen molar-refractivity contribution in [1.82, 2.24) is 5.32 Å². The van der Waals surface area contributed by atoms with Crippen LogP contribution < -0.4 is 10.2 Å². The number of amides is 1. The molecule has 0 atom stereocenters. The Labute approximate surface area is 106 Å². The third-order valence-corrected chi connectivity index (χ3v) is 2.65. The number of nitrogens with zero attached hydrogens (tertiary/aromatic N) is 1. The summed E-state index contributed by atoms with van der Waals surface area (Å²) in [5, 5.41) is 2.80. The number of carbonyl (C=O) groups excluding carboxylic acids is 1. The van der Waals surface area contributed by atoms with Crippen molar-refractivity contribution in [2.24, 2.45) is 0 Å². The highest BCUT2D eigenvalue weighted by Crippen LogP contribution is 2.12. The number of nitrogens with one attached hydrogen (secondary N) is 1. The van der Waals surface area contributed by atoms with Gasteiger partial charge in [-0.1, -0.05) is 12.1 Å². The molecule has 2 aromatic rings. The van der Waals surface area contributed by atoms with Crippen LogP contribution in [0.15, 0.2) is 47.1 Å². The fourth-order valence-corrected chi connectivity index (χ4v) is 1.59. The van der Waals surface area contributed by atoms with Crippen LogP contribution in [0.25, 0.3) is 0 Å². The maximum atomic E-state index is 11.6. The van der Waals surface area contributed by atoms with E-state index in [-0.39, 0.29) is 5.91 Å². The molecule has 2 rings (SSSR count). The SMILES string of the molecule is CN(C)c1ccc(CNC(=O)c2ccco2)cc1. The van der Waals surface area contributed by atoms with Gasteiger partial charge < -0.3 is 14.6 Å². The van der Waals surface area contributed by atoms with Crippen molar-refractivity contribution in [2.75, 3.05) is 19.0 Å². The summed E-state index contributed by atoms with van der Waals surface area (Å²) in [7, 11) is 3.99. The molecule has 1 heterocycles. The summed E-state index contributed by atoms with van der Waals surface area (Å²) in [6.45, 7) is 0.493. The summed E-state index contributed by atoms with van der Waals surface area (Å²) in [5.74, 6) is 0.136. The van der Waals surface area contributed by atoms with Crippen molar-refractivity contribution in [3.8, 4) is 0 Å². The van der Waals surface area contributed by atoms with E-state index in [9.17, 15) is 4.79 Å². The van der Waals surface area contributed by atoms with Crippen LogP contribution in [0.1, 0.15) is 16.1 Å². The zero-order valence-corrected chi connectivity index (χ0v) is 10.5. The van der Waals surface area contributed by atoms with Crippen LogP contribution in [-0.4, -0.2) is 20.0 Å². The van der Waals surface area contributed by atoms with Gasteiger partial charge in [0.2, 0.25) is 0 Å². The van der Waals surface area contributed by atoms with E-state index in [2.05, 4.69) is 5.32 Å². The Bertz CT molecular complexity index is 501. The number of rotatable bonds is 4. The first kappa shape index (κ1) is 12.2. The first-order valence-electron chi connectivity index (χ1n) is 5.75. The van der Waals surface area contributed by atoms with Gasteiger partial charge in [0.1, 0.15) is 0 Å². The van der Waals surface area contributed by atoms with Gasteiger partial charge >= 0.3 is 0 Å². The number of benzene rings is 1. The number of hydrogen-bond donors (Lipinski definition) is 1. The van der Waals surface area contributed by atoms with E-state index in [4.69, 9.17) is 4.42 Å². The molecular weight excluding hydrogens is 228 g/mol. The van der Waals surface area contributed by atoms with Gasteiger partial charge in [-0.3, -0.25) is 4.79 Å². The fourth-order valence-electron chi connectivity index (χ4n) is 1.59. The lowest BCUT2D eigenvalue weighted by atomic mass is 10.2. The van der Waals surface area contributed by atoms with Crippen molar-refractivity contribution in [1.29, 1.82) is 0 Å². The van der Waals surface area contributed by atoms with Gasteiger partial charge in [-0.15, -0.1) is 0 Å². The third kappa shape index (κ3) is 2.91. The summed E-state index contributed by atoms with van der Waals surface area (Å²) in [4.78, 5) is 13.7. The lowest BCUT2D eigenvalue weighted by Gasteiger charge is -2.12. The van der Waals surface area contributed by atoms with Crippen LogP contribution >= 0.6 is 0 Å². The largest absolute Gasteiger partial charge is 0.459 e. The smallest absolute Gasteiger partial charge is 0.287 e. The molecule has 0 bridgehead atoms. The minimum absolute atomic E-state index is 0.198. The molecule has 1 N–H and O–H groups in total. The Morgan fingerprint density at radius 2 is 1.94 bits per heavy atom. The summed E-state index contributed by atoms with van der Waals surface area (Å²) in [6, 6.07) is 11.4. The Kier molecular flexibility index (Phi) is 3.67. The first-order chi connectivity index (χ1) is 8.66. The maximum absolute atomic E-state index is 11.6. The van der Waals surface area contributed by atoms with Crippen LogP contribution in [0, 0.1) is 0 Å². The molecule has 0 unspecified atom stereocenters. The van der Waals surface area contributed by atoms with Crippen molar-refractivity contribution in [3.63, 3.8) is 0 Å². The predicted octanol–water partition coefficient (Wildman–Crippen LogP) is 2.28. The molecule has 94 valence electrons. The van der Waals surface area contributed by atoms with Gasteiger partial charge in [0, 0.05) is 26.3 Å². The molecule has 0 radical (unpaired) electrons. The molecule has 0 aliphatic heterocycles. The van der Waals surface area contributed by atoms with Crippen LogP contribution in [-0.2, 0) is 6.54 Å². The average Bonchev–Trinajstić information content (AvgIpc) is 2.90. The minimum atomic E-state index is -0.198. The second-order valence-electron chi connectivity index (χ2n) is 4.22. The number of anilines is 1. The molecule has 18 heavy (non-hydrogen) atoms. The quantitative estimate of drug-likeness (QED) is 0.897. The van der Waals surface area contributed by atoms with E-state index < -0.39 is 0 Å². The second-order valence-corrected chi connectivity index (χ2v) is 4.22. The molecule has 0 aliphatic rings. The highest BCUT2D eigenvalue weighted by Gasteiger charge is 2.07. The Balaban J connectivity index is 1.92. The summed E-state index contributed by atoms with van der Waals surface area (Å²) < 4.78 is 5.02. The van der Waals surface area contributed by atoms with E-state index in [1.165, 1.54) is 6.26 Å². The number of hydrogen-bond acceptors (Lipinski definition) is 3. The van der Waals surface area contributed by atoms with Gasteiger partial charge in [-0.2, -0.15) is 0 Å². The zero-order valence-electron chi connectivity index (χ0n) is 10.5. The molecule has 0 saturated heterocycles. The van der Waals surface area contributed by atoms with Crippen LogP contribution in [0.5, 0.6) is 0 Å². The highest BCUT2D eigenvalue weighted by molar-refractivity contribution is 5.91. The third-order valence-electron chi connectivity index (χ3n) is 2.65. The number of furan rings is 1. The van der Waals surface area contributed by atoms with Gasteiger partial charge in [-0.25, -0.2) is 0 Å². The Morgan fingerprint density at radius 3 is 2.50 bits per heavy atom. The van der Waals surface area contributed by atoms with E-state index in [1.54, 1.807) is 12.1 Å². The predicted molar refractivity (Wildman–Crippen MR) is 70.6 cm³/mol. The highest BCUT2D eigenvalue weighted by atomic mass is 16.3. The van der Waals surface area contributed by atoms with Crippen LogP contribution in [0.3, 0.4) is 0 Å². The van der Waals surface area contributed by atoms with E-state index >= 15 is 0 Å². The van der Waals surface area contributed by atoms with Gasteiger partial charge in [0.05, 0.1) is 6.26 Å². The Morgan fingerprint density at radius 1 is 1.22 bits per heavy atom. The summed E-state index contributed by atoms with van der Waals surface area (Å²) in [6.07, 6.45) is 1.49. The topological polar surface area (TPSA) is 45.5 Å². The molecular formula is C14H16N2O2. The van der Waals surface area contributed by atoms with Crippen molar-refractivity contribution in [2.45, 2.75) is 6.54 Å². The van der Waals surface area contributed by atoms with Crippen molar-refractivity contribution < 1.29 is 9.21 Å². The minimum Gasteiger partial charge on any atom is -0.459 e. The van der Waals surface area contributed by atoms with Gasteiger partial charge in [-0.05, 0) is 29.8 Å². The molecule has 0 aliphatic carbocycles. The van der Waals surface area contributed by atoms with Gasteiger partial charge in [0.25, 0.3) is 5.91 Å². The zero-order chi connectivity index (χ0) is 13.0. The molecule has 0 fully saturated rings. The lowest BCUT2D eigenvalue weighted by Crippen LogP contribution is -2.22. The van der Waals surface area contributed by atoms with E-state index in [1.807, 2.05) is 43.3 Å². The fraction of sp³-hybridized carbons (Fsp3) is 0.214. The molecule has 0 spiro atoms. The first-order valence-corrected chi connectivity index (χ1v) is 5.75. The summed E-state index contributed by atoms with van der Waals surface area (Å²) in [5.41, 5.74) is 2.19. The van der Waals surface area contributed by atoms with Crippen molar-refractivity contribution >= 4 is 11.6 Å². The normalized spacial score (nSPS) is 10.1. The van der Waals surface area contributed by atoms with E-state index in [0.717, 1.165) is 11.3 Å². The van der Waals surface area contributed by atoms with Crippen LogP contribution in [0.4, 0.5) is 5.69 Å². The monoisotopic (exact) mass is 244 g/mol. The van der Waals surface area contributed by atoms with Crippen LogP contribution in [0.2, 0.25) is 0 Å². The molecule has 1 aromatic carbocycles. The van der Waals surface area contributed by atoms with Gasteiger partial charge in [0.15, 0.2) is 5.76 Å². The molecule has 4 nitrogen and oxygen atoms in total. The lowest BCUT2D eigenvalue weighted by molar-refractivity contribution is 0.0923. The molecule has 1 amide bonds. The maximum Gasteiger partial charge on any atom is 0.287 e. The molecule has 0 saturated carbocycles. The molecule has 1 aromatic heterocycles.